The van der Waals surface area contributed by atoms with E-state index in [1.54, 1.807) is 0 Å². The first-order chi connectivity index (χ1) is 24.1. The van der Waals surface area contributed by atoms with Gasteiger partial charge in [0.1, 0.15) is 11.6 Å². The first-order valence-electron chi connectivity index (χ1n) is 18.5. The van der Waals surface area contributed by atoms with E-state index in [9.17, 15) is 5.26 Å². The molecule has 1 fully saturated rings. The van der Waals surface area contributed by atoms with Crippen LogP contribution < -0.4 is 9.64 Å². The Morgan fingerprint density at radius 2 is 1.69 bits per heavy atom. The highest BCUT2D eigenvalue weighted by Gasteiger charge is 2.19. The molecule has 0 bridgehead atoms. The Balaban J connectivity index is 1.03. The van der Waals surface area contributed by atoms with E-state index >= 15 is 0 Å². The minimum atomic E-state index is 0.726. The maximum atomic E-state index is 9.28. The van der Waals surface area contributed by atoms with Crippen molar-refractivity contribution in [2.75, 3.05) is 63.9 Å². The Morgan fingerprint density at radius 3 is 2.45 bits per heavy atom. The van der Waals surface area contributed by atoms with Crippen LogP contribution in [0.2, 0.25) is 0 Å². The fraction of sp³-hybridized carbons (Fsp3) is 0.463. The molecule has 0 amide bonds. The number of hydrogen-bond donors (Lipinski definition) is 1. The van der Waals surface area contributed by atoms with E-state index in [1.165, 1.54) is 28.6 Å². The minimum Gasteiger partial charge on any atom is -0.494 e. The van der Waals surface area contributed by atoms with Gasteiger partial charge < -0.3 is 24.1 Å². The third-order valence-corrected chi connectivity index (χ3v) is 10.2. The molecular weight excluding hydrogens is 606 g/mol. The molecule has 1 saturated heterocycles. The number of aromatic nitrogens is 3. The number of nitriles is 1. The molecule has 0 saturated carbocycles. The Kier molecular flexibility index (Phi) is 11.9. The van der Waals surface area contributed by atoms with Crippen LogP contribution in [0.1, 0.15) is 64.0 Å². The Hall–Kier alpha value is -4.32. The second-order valence-corrected chi connectivity index (χ2v) is 13.3. The summed E-state index contributed by atoms with van der Waals surface area (Å²) in [6, 6.07) is 23.5. The lowest BCUT2D eigenvalue weighted by Crippen LogP contribution is -2.46. The number of imidazole rings is 1. The van der Waals surface area contributed by atoms with E-state index in [2.05, 4.69) is 99.8 Å². The first kappa shape index (κ1) is 34.5. The number of anilines is 1. The smallest absolute Gasteiger partial charge is 0.141 e. The predicted molar refractivity (Wildman–Crippen MR) is 203 cm³/mol. The molecule has 1 aliphatic heterocycles. The van der Waals surface area contributed by atoms with Crippen molar-refractivity contribution in [3.63, 3.8) is 0 Å². The molecule has 0 spiro atoms. The van der Waals surface area contributed by atoms with Gasteiger partial charge in [0.25, 0.3) is 0 Å². The Labute approximate surface area is 292 Å². The van der Waals surface area contributed by atoms with Gasteiger partial charge >= 0.3 is 0 Å². The van der Waals surface area contributed by atoms with Crippen LogP contribution in [0.25, 0.3) is 33.3 Å². The summed E-state index contributed by atoms with van der Waals surface area (Å²) in [4.78, 5) is 16.1. The summed E-state index contributed by atoms with van der Waals surface area (Å²) in [6.07, 6.45) is 8.78. The maximum Gasteiger partial charge on any atom is 0.141 e. The highest BCUT2D eigenvalue weighted by Crippen LogP contribution is 2.30. The van der Waals surface area contributed by atoms with Crippen molar-refractivity contribution in [3.05, 3.63) is 78.0 Å². The third kappa shape index (κ3) is 8.46. The van der Waals surface area contributed by atoms with E-state index in [0.717, 1.165) is 131 Å². The van der Waals surface area contributed by atoms with Gasteiger partial charge in [0.2, 0.25) is 0 Å². The van der Waals surface area contributed by atoms with Gasteiger partial charge in [0, 0.05) is 67.6 Å². The van der Waals surface area contributed by atoms with Crippen molar-refractivity contribution < 1.29 is 4.74 Å². The average molecular weight is 660 g/mol. The van der Waals surface area contributed by atoms with Gasteiger partial charge in [-0.25, -0.2) is 4.98 Å². The first-order valence-corrected chi connectivity index (χ1v) is 18.5. The van der Waals surface area contributed by atoms with Crippen LogP contribution in [0.4, 0.5) is 5.69 Å². The van der Waals surface area contributed by atoms with Gasteiger partial charge in [-0.3, -0.25) is 4.90 Å². The van der Waals surface area contributed by atoms with Crippen molar-refractivity contribution in [2.24, 2.45) is 0 Å². The summed E-state index contributed by atoms with van der Waals surface area (Å²) in [6.45, 7) is 17.0. The summed E-state index contributed by atoms with van der Waals surface area (Å²) < 4.78 is 8.47. The van der Waals surface area contributed by atoms with E-state index in [1.807, 2.05) is 18.2 Å². The number of benzene rings is 3. The van der Waals surface area contributed by atoms with Crippen LogP contribution in [-0.2, 0) is 13.0 Å². The van der Waals surface area contributed by atoms with Gasteiger partial charge in [0.05, 0.1) is 29.3 Å². The number of piperazine rings is 1. The van der Waals surface area contributed by atoms with Gasteiger partial charge in [-0.15, -0.1) is 0 Å². The van der Waals surface area contributed by atoms with Gasteiger partial charge in [0.15, 0.2) is 0 Å². The van der Waals surface area contributed by atoms with Gasteiger partial charge in [-0.1, -0.05) is 27.2 Å². The minimum absolute atomic E-state index is 0.726. The Morgan fingerprint density at radius 1 is 0.878 bits per heavy atom. The van der Waals surface area contributed by atoms with Crippen LogP contribution in [0.5, 0.6) is 5.75 Å². The van der Waals surface area contributed by atoms with Gasteiger partial charge in [-0.2, -0.15) is 5.26 Å². The zero-order valence-electron chi connectivity index (χ0n) is 29.8. The molecule has 0 radical (unpaired) electrons. The molecule has 0 aliphatic carbocycles. The van der Waals surface area contributed by atoms with E-state index in [4.69, 9.17) is 9.72 Å². The van der Waals surface area contributed by atoms with E-state index in [0.29, 0.717) is 0 Å². The number of nitrogens with one attached hydrogen (secondary N) is 1. The van der Waals surface area contributed by atoms with Crippen molar-refractivity contribution >= 4 is 27.6 Å². The highest BCUT2D eigenvalue weighted by molar-refractivity contribution is 5.85. The number of fused-ring (bicyclic) bond motifs is 2. The fourth-order valence-electron chi connectivity index (χ4n) is 7.13. The molecule has 8 heteroatoms. The zero-order chi connectivity index (χ0) is 34.0. The molecule has 2 aromatic heterocycles. The van der Waals surface area contributed by atoms with Crippen LogP contribution in [0.3, 0.4) is 0 Å². The summed E-state index contributed by atoms with van der Waals surface area (Å²) >= 11 is 0. The third-order valence-electron chi connectivity index (χ3n) is 10.2. The molecule has 5 aromatic rings. The van der Waals surface area contributed by atoms with Crippen molar-refractivity contribution in [3.8, 4) is 23.2 Å². The van der Waals surface area contributed by atoms with Crippen LogP contribution in [-0.4, -0.2) is 83.3 Å². The molecule has 1 aliphatic rings. The molecule has 1 N–H and O–H groups in total. The topological polar surface area (TPSA) is 76.3 Å². The van der Waals surface area contributed by atoms with E-state index in [-0.39, 0.29) is 0 Å². The summed E-state index contributed by atoms with van der Waals surface area (Å²) in [5.41, 5.74) is 7.84. The molecule has 6 rings (SSSR count). The fourth-order valence-corrected chi connectivity index (χ4v) is 7.13. The molecule has 49 heavy (non-hydrogen) atoms. The number of nitrogens with zero attached hydrogens (tertiary/aromatic N) is 6. The lowest BCUT2D eigenvalue weighted by molar-refractivity contribution is 0.249. The molecule has 258 valence electrons. The number of rotatable bonds is 17. The summed E-state index contributed by atoms with van der Waals surface area (Å²) in [5, 5.41) is 10.5. The van der Waals surface area contributed by atoms with Crippen molar-refractivity contribution in [1.82, 2.24) is 24.3 Å². The second-order valence-electron chi connectivity index (χ2n) is 13.3. The van der Waals surface area contributed by atoms with Crippen molar-refractivity contribution in [2.45, 2.75) is 65.8 Å². The van der Waals surface area contributed by atoms with Crippen molar-refractivity contribution in [1.29, 1.82) is 5.26 Å². The van der Waals surface area contributed by atoms with Crippen LogP contribution in [0.15, 0.2) is 66.9 Å². The number of H-pyrrole nitrogens is 1. The predicted octanol–water partition coefficient (Wildman–Crippen LogP) is 8.11. The number of aromatic amines is 1. The number of ether oxygens (including phenoxy) is 1. The van der Waals surface area contributed by atoms with E-state index < -0.39 is 0 Å². The highest BCUT2D eigenvalue weighted by atomic mass is 16.5. The summed E-state index contributed by atoms with van der Waals surface area (Å²) in [7, 11) is 0. The number of aryl methyl sites for hydroxylation is 2. The summed E-state index contributed by atoms with van der Waals surface area (Å²) in [5.74, 6) is 1.96. The molecule has 8 nitrogen and oxygen atoms in total. The lowest BCUT2D eigenvalue weighted by atomic mass is 10.1. The van der Waals surface area contributed by atoms with Gasteiger partial charge in [-0.05, 0) is 118 Å². The quantitative estimate of drug-likeness (QED) is 0.102. The number of unbranched alkanes of at least 4 members (excludes halogenated alkanes) is 2. The molecule has 3 heterocycles. The maximum absolute atomic E-state index is 9.28. The molecule has 3 aromatic carbocycles. The van der Waals surface area contributed by atoms with Crippen LogP contribution >= 0.6 is 0 Å². The average Bonchev–Trinajstić information content (AvgIpc) is 3.73. The molecule has 0 atom stereocenters. The number of hydrogen-bond acceptors (Lipinski definition) is 6. The SMILES string of the molecule is CCCCn1c(-c2ccc(OCCCN(CC)CC)cc2)nc2cc(N3CCN(CCCCc4c[nH]c5ccc(C#N)cc45)CC3)ccc21. The monoisotopic (exact) mass is 659 g/mol. The lowest BCUT2D eigenvalue weighted by Gasteiger charge is -2.36. The largest absolute Gasteiger partial charge is 0.494 e. The van der Waals surface area contributed by atoms with Crippen LogP contribution in [0, 0.1) is 11.3 Å². The normalized spacial score (nSPS) is 13.9. The zero-order valence-corrected chi connectivity index (χ0v) is 29.8. The second kappa shape index (κ2) is 16.9. The standard InChI is InChI=1S/C41H53N7O/c1-4-7-22-48-40-19-15-35(29-39(40)44-41(48)33-13-16-36(17-14-33)49-27-10-21-45(5-2)6-3)47-25-23-46(24-26-47)20-9-8-11-34-31-43-38-18-12-32(30-42)28-37(34)38/h12-19,28-29,31,43H,4-11,20-27H2,1-3H3. The molecule has 0 unspecified atom stereocenters. The molecular formula is C41H53N7O. The Bertz CT molecular complexity index is 1820.